The summed E-state index contributed by atoms with van der Waals surface area (Å²) in [5, 5.41) is 0. The monoisotopic (exact) mass is 178 g/mol. The van der Waals surface area contributed by atoms with E-state index in [0.717, 1.165) is 5.57 Å². The topological polar surface area (TPSA) is 17.1 Å². The van der Waals surface area contributed by atoms with Crippen molar-refractivity contribution in [2.24, 2.45) is 11.3 Å². The molecule has 0 saturated carbocycles. The quantitative estimate of drug-likeness (QED) is 0.564. The number of rotatable bonds is 1. The highest BCUT2D eigenvalue weighted by atomic mass is 16.1. The van der Waals surface area contributed by atoms with Crippen LogP contribution in [0.4, 0.5) is 0 Å². The van der Waals surface area contributed by atoms with Crippen molar-refractivity contribution in [3.05, 3.63) is 23.3 Å². The first-order valence-corrected chi connectivity index (χ1v) is 4.84. The van der Waals surface area contributed by atoms with E-state index < -0.39 is 0 Å². The third kappa shape index (κ3) is 1.48. The summed E-state index contributed by atoms with van der Waals surface area (Å²) < 4.78 is 0. The van der Waals surface area contributed by atoms with Gasteiger partial charge in [0.1, 0.15) is 0 Å². The third-order valence-corrected chi connectivity index (χ3v) is 2.86. The Labute approximate surface area is 80.5 Å². The molecule has 0 spiro atoms. The minimum Gasteiger partial charge on any atom is -0.290 e. The lowest BCUT2D eigenvalue weighted by atomic mass is 9.77. The van der Waals surface area contributed by atoms with Gasteiger partial charge in [-0.25, -0.2) is 0 Å². The number of carbonyl (C=O) groups excluding carboxylic acids is 1. The lowest BCUT2D eigenvalue weighted by Gasteiger charge is -2.26. The molecule has 0 N–H and O–H groups in total. The predicted octanol–water partition coefficient (Wildman–Crippen LogP) is 3.12. The smallest absolute Gasteiger partial charge is 0.182 e. The van der Waals surface area contributed by atoms with Crippen molar-refractivity contribution in [3.63, 3.8) is 0 Å². The van der Waals surface area contributed by atoms with Gasteiger partial charge in [0.05, 0.1) is 0 Å². The van der Waals surface area contributed by atoms with Crippen LogP contribution in [0.3, 0.4) is 0 Å². The summed E-state index contributed by atoms with van der Waals surface area (Å²) in [6.07, 6.45) is 3.74. The van der Waals surface area contributed by atoms with Crippen LogP contribution in [0.2, 0.25) is 0 Å². The zero-order valence-electron chi connectivity index (χ0n) is 9.14. The summed E-state index contributed by atoms with van der Waals surface area (Å²) in [4.78, 5) is 11.6. The van der Waals surface area contributed by atoms with Gasteiger partial charge >= 0.3 is 0 Å². The molecule has 0 saturated heterocycles. The molecule has 0 aromatic heterocycles. The Balaban J connectivity index is 3.17. The van der Waals surface area contributed by atoms with Crippen LogP contribution < -0.4 is 0 Å². The van der Waals surface area contributed by atoms with Gasteiger partial charge in [0.15, 0.2) is 5.78 Å². The van der Waals surface area contributed by atoms with Crippen molar-refractivity contribution >= 4 is 5.78 Å². The van der Waals surface area contributed by atoms with Crippen LogP contribution in [0.25, 0.3) is 0 Å². The zero-order valence-corrected chi connectivity index (χ0v) is 9.14. The fourth-order valence-corrected chi connectivity index (χ4v) is 2.25. The molecule has 1 nitrogen and oxygen atoms in total. The Bertz CT molecular complexity index is 290. The first kappa shape index (κ1) is 10.2. The van der Waals surface area contributed by atoms with Crippen molar-refractivity contribution in [3.8, 4) is 0 Å². The van der Waals surface area contributed by atoms with Gasteiger partial charge in [-0.05, 0) is 18.9 Å². The first-order chi connectivity index (χ1) is 5.91. The van der Waals surface area contributed by atoms with Crippen LogP contribution in [-0.4, -0.2) is 5.78 Å². The largest absolute Gasteiger partial charge is 0.290 e. The molecule has 0 fully saturated rings. The summed E-state index contributed by atoms with van der Waals surface area (Å²) in [6.45, 7) is 10.5. The number of ketones is 1. The molecule has 1 rings (SSSR count). The van der Waals surface area contributed by atoms with E-state index in [1.165, 1.54) is 5.57 Å². The Morgan fingerprint density at radius 1 is 1.38 bits per heavy atom. The lowest BCUT2D eigenvalue weighted by Crippen LogP contribution is -2.18. The number of hydrogen-bond donors (Lipinski definition) is 0. The second-order valence-electron chi connectivity index (χ2n) is 4.45. The highest BCUT2D eigenvalue weighted by Gasteiger charge is 2.37. The second-order valence-corrected chi connectivity index (χ2v) is 4.45. The molecule has 0 amide bonds. The van der Waals surface area contributed by atoms with E-state index >= 15 is 0 Å². The zero-order chi connectivity index (χ0) is 10.2. The van der Waals surface area contributed by atoms with E-state index in [2.05, 4.69) is 27.7 Å². The Hall–Kier alpha value is -0.850. The minimum atomic E-state index is -0.0556. The molecule has 0 aliphatic heterocycles. The number of hydrogen-bond acceptors (Lipinski definition) is 1. The summed E-state index contributed by atoms with van der Waals surface area (Å²) >= 11 is 0. The van der Waals surface area contributed by atoms with Gasteiger partial charge in [-0.15, -0.1) is 0 Å². The van der Waals surface area contributed by atoms with E-state index in [1.807, 2.05) is 13.0 Å². The molecular weight excluding hydrogens is 160 g/mol. The van der Waals surface area contributed by atoms with E-state index in [-0.39, 0.29) is 11.2 Å². The molecular formula is C12H18O. The van der Waals surface area contributed by atoms with Gasteiger partial charge in [-0.2, -0.15) is 0 Å². The highest BCUT2D eigenvalue weighted by Crippen LogP contribution is 2.44. The van der Waals surface area contributed by atoms with Crippen molar-refractivity contribution in [2.75, 3.05) is 0 Å². The molecule has 1 heteroatoms. The van der Waals surface area contributed by atoms with Gasteiger partial charge < -0.3 is 0 Å². The maximum absolute atomic E-state index is 11.6. The molecule has 1 aliphatic carbocycles. The van der Waals surface area contributed by atoms with Gasteiger partial charge in [0.2, 0.25) is 0 Å². The van der Waals surface area contributed by atoms with Crippen LogP contribution in [0.1, 0.15) is 34.6 Å². The number of allylic oxidation sites excluding steroid dienone is 4. The maximum Gasteiger partial charge on any atom is 0.182 e. The van der Waals surface area contributed by atoms with Crippen molar-refractivity contribution in [2.45, 2.75) is 34.6 Å². The second kappa shape index (κ2) is 3.13. The molecule has 13 heavy (non-hydrogen) atoms. The summed E-state index contributed by atoms with van der Waals surface area (Å²) in [7, 11) is 0. The van der Waals surface area contributed by atoms with Crippen LogP contribution >= 0.6 is 0 Å². The normalized spacial score (nSPS) is 24.3. The van der Waals surface area contributed by atoms with Gasteiger partial charge in [0, 0.05) is 11.0 Å². The van der Waals surface area contributed by atoms with Gasteiger partial charge in [-0.3, -0.25) is 4.79 Å². The van der Waals surface area contributed by atoms with Crippen LogP contribution in [0, 0.1) is 11.3 Å². The number of carbonyl (C=O) groups is 1. The summed E-state index contributed by atoms with van der Waals surface area (Å²) in [5.74, 6) is 0.646. The maximum atomic E-state index is 11.6. The molecule has 0 radical (unpaired) electrons. The SMILES string of the molecule is C/C=C1/C(=O)C=C(C(C)C)C1(C)C. The van der Waals surface area contributed by atoms with Gasteiger partial charge in [-0.1, -0.05) is 39.3 Å². The Morgan fingerprint density at radius 2 is 1.92 bits per heavy atom. The Morgan fingerprint density at radius 3 is 2.15 bits per heavy atom. The standard InChI is InChI=1S/C12H18O/c1-6-9-11(13)7-10(8(2)3)12(9,4)5/h6-8H,1-5H3/b9-6-. The van der Waals surface area contributed by atoms with E-state index in [1.54, 1.807) is 6.08 Å². The molecule has 0 aromatic carbocycles. The molecule has 0 bridgehead atoms. The fraction of sp³-hybridized carbons (Fsp3) is 0.583. The minimum absolute atomic E-state index is 0.0556. The summed E-state index contributed by atoms with van der Waals surface area (Å²) in [5.41, 5.74) is 2.14. The Kier molecular flexibility index (Phi) is 2.47. The first-order valence-electron chi connectivity index (χ1n) is 4.84. The molecule has 0 atom stereocenters. The van der Waals surface area contributed by atoms with Crippen LogP contribution in [0.5, 0.6) is 0 Å². The summed E-state index contributed by atoms with van der Waals surface area (Å²) in [6, 6.07) is 0. The predicted molar refractivity (Wildman–Crippen MR) is 55.5 cm³/mol. The molecule has 0 heterocycles. The van der Waals surface area contributed by atoms with Crippen molar-refractivity contribution in [1.29, 1.82) is 0 Å². The average molecular weight is 178 g/mol. The highest BCUT2D eigenvalue weighted by molar-refractivity contribution is 6.09. The fourth-order valence-electron chi connectivity index (χ4n) is 2.25. The van der Waals surface area contributed by atoms with E-state index in [9.17, 15) is 4.79 Å². The molecule has 1 aliphatic rings. The lowest BCUT2D eigenvalue weighted by molar-refractivity contribution is -0.111. The van der Waals surface area contributed by atoms with E-state index in [4.69, 9.17) is 0 Å². The average Bonchev–Trinajstić information content (AvgIpc) is 2.21. The molecule has 0 aromatic rings. The van der Waals surface area contributed by atoms with Crippen molar-refractivity contribution < 1.29 is 4.79 Å². The van der Waals surface area contributed by atoms with Crippen LogP contribution in [0.15, 0.2) is 23.3 Å². The third-order valence-electron chi connectivity index (χ3n) is 2.86. The van der Waals surface area contributed by atoms with E-state index in [0.29, 0.717) is 5.92 Å². The van der Waals surface area contributed by atoms with Crippen LogP contribution in [-0.2, 0) is 4.79 Å². The van der Waals surface area contributed by atoms with Crippen molar-refractivity contribution in [1.82, 2.24) is 0 Å². The van der Waals surface area contributed by atoms with Gasteiger partial charge in [0.25, 0.3) is 0 Å². The molecule has 72 valence electrons. The molecule has 0 unspecified atom stereocenters.